The summed E-state index contributed by atoms with van der Waals surface area (Å²) in [6, 6.07) is 13.1. The number of sulfonamides is 1. The highest BCUT2D eigenvalue weighted by atomic mass is 32.2. The van der Waals surface area contributed by atoms with Gasteiger partial charge >= 0.3 is 0 Å². The molecule has 2 aromatic carbocycles. The minimum atomic E-state index is -3.76. The highest BCUT2D eigenvalue weighted by Gasteiger charge is 2.18. The number of carbonyl (C=O) groups is 1. The Morgan fingerprint density at radius 2 is 1.72 bits per heavy atom. The molecule has 6 nitrogen and oxygen atoms in total. The van der Waals surface area contributed by atoms with E-state index in [-0.39, 0.29) is 22.1 Å². The van der Waals surface area contributed by atoms with Crippen molar-refractivity contribution in [1.82, 2.24) is 5.32 Å². The molecule has 0 radical (unpaired) electrons. The Morgan fingerprint density at radius 3 is 2.40 bits per heavy atom. The van der Waals surface area contributed by atoms with Crippen LogP contribution in [0, 0.1) is 6.92 Å². The number of rotatable bonds is 8. The predicted octanol–water partition coefficient (Wildman–Crippen LogP) is 2.26. The van der Waals surface area contributed by atoms with Crippen molar-refractivity contribution in [2.75, 3.05) is 17.8 Å². The van der Waals surface area contributed by atoms with Gasteiger partial charge < -0.3 is 11.1 Å². The zero-order chi connectivity index (χ0) is 18.3. The van der Waals surface area contributed by atoms with Crippen molar-refractivity contribution in [2.45, 2.75) is 24.7 Å². The van der Waals surface area contributed by atoms with Crippen LogP contribution in [0.15, 0.2) is 53.4 Å². The van der Waals surface area contributed by atoms with E-state index in [0.717, 1.165) is 18.4 Å². The lowest BCUT2D eigenvalue weighted by atomic mass is 10.1. The number of amides is 1. The molecule has 7 heteroatoms. The number of nitrogens with two attached hydrogens (primary N) is 1. The SMILES string of the molecule is Cc1ccc(S(=O)(=O)Nc2ccccc2C(=O)NCCCCN)cc1. The molecule has 0 atom stereocenters. The van der Waals surface area contributed by atoms with Gasteiger partial charge in [-0.25, -0.2) is 8.42 Å². The first-order valence-electron chi connectivity index (χ1n) is 8.11. The molecule has 0 unspecified atom stereocenters. The van der Waals surface area contributed by atoms with E-state index in [1.807, 2.05) is 6.92 Å². The van der Waals surface area contributed by atoms with Crippen LogP contribution in [-0.2, 0) is 10.0 Å². The maximum absolute atomic E-state index is 12.5. The Morgan fingerprint density at radius 1 is 1.04 bits per heavy atom. The summed E-state index contributed by atoms with van der Waals surface area (Å²) in [4.78, 5) is 12.5. The molecule has 2 rings (SSSR count). The highest BCUT2D eigenvalue weighted by molar-refractivity contribution is 7.92. The molecule has 0 spiro atoms. The first-order chi connectivity index (χ1) is 11.9. The summed E-state index contributed by atoms with van der Waals surface area (Å²) in [6.07, 6.45) is 1.60. The summed E-state index contributed by atoms with van der Waals surface area (Å²) in [5.74, 6) is -0.320. The Kier molecular flexibility index (Phi) is 6.55. The Balaban J connectivity index is 2.17. The van der Waals surface area contributed by atoms with Gasteiger partial charge in [-0.15, -0.1) is 0 Å². The van der Waals surface area contributed by atoms with E-state index in [2.05, 4.69) is 10.0 Å². The molecule has 0 saturated carbocycles. The van der Waals surface area contributed by atoms with Crippen LogP contribution < -0.4 is 15.8 Å². The second kappa shape index (κ2) is 8.64. The van der Waals surface area contributed by atoms with Gasteiger partial charge in [0.25, 0.3) is 15.9 Å². The highest BCUT2D eigenvalue weighted by Crippen LogP contribution is 2.20. The number of nitrogens with one attached hydrogen (secondary N) is 2. The van der Waals surface area contributed by atoms with Gasteiger partial charge in [0.2, 0.25) is 0 Å². The zero-order valence-electron chi connectivity index (χ0n) is 14.2. The molecular weight excluding hydrogens is 338 g/mol. The fourth-order valence-electron chi connectivity index (χ4n) is 2.26. The second-order valence-corrected chi connectivity index (χ2v) is 7.40. The van der Waals surface area contributed by atoms with Crippen LogP contribution in [0.4, 0.5) is 5.69 Å². The van der Waals surface area contributed by atoms with E-state index in [0.29, 0.717) is 13.1 Å². The molecule has 25 heavy (non-hydrogen) atoms. The third-order valence-electron chi connectivity index (χ3n) is 3.66. The fraction of sp³-hybridized carbons (Fsp3) is 0.278. The van der Waals surface area contributed by atoms with Crippen molar-refractivity contribution in [3.63, 3.8) is 0 Å². The van der Waals surface area contributed by atoms with Crippen molar-refractivity contribution in [3.05, 3.63) is 59.7 Å². The number of benzene rings is 2. The second-order valence-electron chi connectivity index (χ2n) is 5.72. The number of hydrogen-bond donors (Lipinski definition) is 3. The largest absolute Gasteiger partial charge is 0.352 e. The minimum absolute atomic E-state index is 0.149. The van der Waals surface area contributed by atoms with Crippen LogP contribution >= 0.6 is 0 Å². The summed E-state index contributed by atoms with van der Waals surface area (Å²) in [6.45, 7) is 2.95. The molecule has 1 amide bonds. The average Bonchev–Trinajstić information content (AvgIpc) is 2.59. The molecule has 0 aliphatic heterocycles. The van der Waals surface area contributed by atoms with Gasteiger partial charge in [-0.3, -0.25) is 9.52 Å². The molecule has 0 fully saturated rings. The maximum Gasteiger partial charge on any atom is 0.261 e. The summed E-state index contributed by atoms with van der Waals surface area (Å²) >= 11 is 0. The lowest BCUT2D eigenvalue weighted by Gasteiger charge is -2.13. The zero-order valence-corrected chi connectivity index (χ0v) is 15.0. The van der Waals surface area contributed by atoms with Crippen LogP contribution in [0.1, 0.15) is 28.8 Å². The van der Waals surface area contributed by atoms with E-state index in [1.165, 1.54) is 12.1 Å². The molecule has 0 aliphatic rings. The monoisotopic (exact) mass is 361 g/mol. The number of unbranched alkanes of at least 4 members (excludes halogenated alkanes) is 1. The number of aryl methyl sites for hydroxylation is 1. The van der Waals surface area contributed by atoms with Gasteiger partial charge in [0.1, 0.15) is 0 Å². The normalized spacial score (nSPS) is 11.1. The lowest BCUT2D eigenvalue weighted by molar-refractivity contribution is 0.0954. The molecule has 0 heterocycles. The van der Waals surface area contributed by atoms with Crippen LogP contribution in [0.2, 0.25) is 0 Å². The maximum atomic E-state index is 12.5. The molecule has 0 aromatic heterocycles. The summed E-state index contributed by atoms with van der Waals surface area (Å²) in [5.41, 5.74) is 6.93. The van der Waals surface area contributed by atoms with Crippen LogP contribution in [0.5, 0.6) is 0 Å². The number of hydrogen-bond acceptors (Lipinski definition) is 4. The first-order valence-corrected chi connectivity index (χ1v) is 9.59. The molecule has 4 N–H and O–H groups in total. The Hall–Kier alpha value is -2.38. The Bertz CT molecular complexity index is 818. The van der Waals surface area contributed by atoms with Gasteiger partial charge in [-0.1, -0.05) is 29.8 Å². The third kappa shape index (κ3) is 5.30. The van der Waals surface area contributed by atoms with Crippen LogP contribution in [0.3, 0.4) is 0 Å². The van der Waals surface area contributed by atoms with Crippen molar-refractivity contribution < 1.29 is 13.2 Å². The lowest BCUT2D eigenvalue weighted by Crippen LogP contribution is -2.26. The minimum Gasteiger partial charge on any atom is -0.352 e. The van der Waals surface area contributed by atoms with E-state index in [4.69, 9.17) is 5.73 Å². The number of anilines is 1. The van der Waals surface area contributed by atoms with Crippen LogP contribution in [-0.4, -0.2) is 27.4 Å². The van der Waals surface area contributed by atoms with Gasteiger partial charge in [0, 0.05) is 6.54 Å². The van der Waals surface area contributed by atoms with E-state index in [9.17, 15) is 13.2 Å². The standard InChI is InChI=1S/C18H23N3O3S/c1-14-8-10-15(11-9-14)25(23,24)21-17-7-3-2-6-16(17)18(22)20-13-5-4-12-19/h2-3,6-11,21H,4-5,12-13,19H2,1H3,(H,20,22). The van der Waals surface area contributed by atoms with E-state index < -0.39 is 10.0 Å². The van der Waals surface area contributed by atoms with Gasteiger partial charge in [0.15, 0.2) is 0 Å². The van der Waals surface area contributed by atoms with Gasteiger partial charge in [-0.05, 0) is 50.6 Å². The molecule has 0 bridgehead atoms. The first kappa shape index (κ1) is 19.0. The summed E-state index contributed by atoms with van der Waals surface area (Å²) in [7, 11) is -3.76. The number of para-hydroxylation sites is 1. The smallest absolute Gasteiger partial charge is 0.261 e. The summed E-state index contributed by atoms with van der Waals surface area (Å²) in [5, 5.41) is 2.78. The third-order valence-corrected chi connectivity index (χ3v) is 5.05. The number of carbonyl (C=O) groups excluding carboxylic acids is 1. The topological polar surface area (TPSA) is 101 Å². The predicted molar refractivity (Wildman–Crippen MR) is 99.1 cm³/mol. The Labute approximate surface area is 148 Å². The molecule has 0 saturated heterocycles. The van der Waals surface area contributed by atoms with Crippen molar-refractivity contribution >= 4 is 21.6 Å². The molecular formula is C18H23N3O3S. The molecule has 2 aromatic rings. The van der Waals surface area contributed by atoms with Crippen molar-refractivity contribution in [1.29, 1.82) is 0 Å². The van der Waals surface area contributed by atoms with Crippen molar-refractivity contribution in [3.8, 4) is 0 Å². The fourth-order valence-corrected chi connectivity index (χ4v) is 3.34. The quantitative estimate of drug-likeness (QED) is 0.628. The van der Waals surface area contributed by atoms with Crippen LogP contribution in [0.25, 0.3) is 0 Å². The van der Waals surface area contributed by atoms with E-state index >= 15 is 0 Å². The van der Waals surface area contributed by atoms with E-state index in [1.54, 1.807) is 36.4 Å². The van der Waals surface area contributed by atoms with Crippen molar-refractivity contribution in [2.24, 2.45) is 5.73 Å². The molecule has 134 valence electrons. The summed E-state index contributed by atoms with van der Waals surface area (Å²) < 4.78 is 27.6. The van der Waals surface area contributed by atoms with Gasteiger partial charge in [0.05, 0.1) is 16.1 Å². The molecule has 0 aliphatic carbocycles. The van der Waals surface area contributed by atoms with Gasteiger partial charge in [-0.2, -0.15) is 0 Å². The average molecular weight is 361 g/mol.